The van der Waals surface area contributed by atoms with Crippen molar-refractivity contribution >= 4 is 11.3 Å². The summed E-state index contributed by atoms with van der Waals surface area (Å²) in [4.78, 5) is 4.28. The van der Waals surface area contributed by atoms with Crippen molar-refractivity contribution in [1.29, 1.82) is 0 Å². The molecule has 0 spiro atoms. The lowest BCUT2D eigenvalue weighted by Crippen LogP contribution is -2.29. The molecular formula is C11H16N2OS. The number of hydrogen-bond donors (Lipinski definition) is 2. The first-order chi connectivity index (χ1) is 7.29. The van der Waals surface area contributed by atoms with E-state index < -0.39 is 0 Å². The van der Waals surface area contributed by atoms with Gasteiger partial charge in [-0.1, -0.05) is 12.2 Å². The molecule has 0 aromatic carbocycles. The van der Waals surface area contributed by atoms with Crippen molar-refractivity contribution in [2.24, 2.45) is 5.92 Å². The van der Waals surface area contributed by atoms with E-state index >= 15 is 0 Å². The standard InChI is InChI=1S/C11H16N2OS/c1-8(11-12-4-5-15-11)13-10-3-2-9(6-10)7-14/h2-5,8-10,13-14H,6-7H2,1H3/t8-,9-,10+/m0/s1. The minimum atomic E-state index is 0.250. The molecule has 2 rings (SSSR count). The van der Waals surface area contributed by atoms with E-state index in [0.29, 0.717) is 12.0 Å². The van der Waals surface area contributed by atoms with Crippen LogP contribution in [0.5, 0.6) is 0 Å². The maximum absolute atomic E-state index is 9.01. The predicted molar refractivity (Wildman–Crippen MR) is 61.8 cm³/mol. The third kappa shape index (κ3) is 2.65. The number of aliphatic hydroxyl groups is 1. The van der Waals surface area contributed by atoms with E-state index in [1.54, 1.807) is 11.3 Å². The predicted octanol–water partition coefficient (Wildman–Crippen LogP) is 1.73. The minimum absolute atomic E-state index is 0.250. The number of nitrogens with zero attached hydrogens (tertiary/aromatic N) is 1. The fourth-order valence-electron chi connectivity index (χ4n) is 1.87. The Kier molecular flexibility index (Phi) is 3.51. The Morgan fingerprint density at radius 2 is 2.53 bits per heavy atom. The van der Waals surface area contributed by atoms with Crippen molar-refractivity contribution in [3.63, 3.8) is 0 Å². The van der Waals surface area contributed by atoms with E-state index in [4.69, 9.17) is 5.11 Å². The first-order valence-corrected chi connectivity index (χ1v) is 6.12. The van der Waals surface area contributed by atoms with Crippen LogP contribution < -0.4 is 5.32 Å². The zero-order valence-corrected chi connectivity index (χ0v) is 9.57. The van der Waals surface area contributed by atoms with Crippen LogP contribution in [0.15, 0.2) is 23.7 Å². The normalized spacial score (nSPS) is 27.1. The molecule has 3 nitrogen and oxygen atoms in total. The van der Waals surface area contributed by atoms with Gasteiger partial charge in [-0.25, -0.2) is 4.98 Å². The number of aliphatic hydroxyl groups excluding tert-OH is 1. The molecule has 3 atom stereocenters. The molecular weight excluding hydrogens is 208 g/mol. The molecule has 4 heteroatoms. The van der Waals surface area contributed by atoms with Crippen LogP contribution >= 0.6 is 11.3 Å². The first kappa shape index (κ1) is 10.8. The Morgan fingerprint density at radius 1 is 1.67 bits per heavy atom. The molecule has 0 fully saturated rings. The van der Waals surface area contributed by atoms with E-state index in [1.165, 1.54) is 0 Å². The molecule has 82 valence electrons. The van der Waals surface area contributed by atoms with Gasteiger partial charge >= 0.3 is 0 Å². The Balaban J connectivity index is 1.86. The lowest BCUT2D eigenvalue weighted by Gasteiger charge is -2.17. The number of hydrogen-bond acceptors (Lipinski definition) is 4. The topological polar surface area (TPSA) is 45.1 Å². The maximum atomic E-state index is 9.01. The molecule has 1 aliphatic carbocycles. The van der Waals surface area contributed by atoms with Crippen molar-refractivity contribution in [3.8, 4) is 0 Å². The van der Waals surface area contributed by atoms with Crippen molar-refractivity contribution in [1.82, 2.24) is 10.3 Å². The van der Waals surface area contributed by atoms with Crippen LogP contribution in [-0.2, 0) is 0 Å². The van der Waals surface area contributed by atoms with Gasteiger partial charge in [-0.05, 0) is 13.3 Å². The molecule has 2 N–H and O–H groups in total. The number of aromatic nitrogens is 1. The van der Waals surface area contributed by atoms with E-state index in [9.17, 15) is 0 Å². The summed E-state index contributed by atoms with van der Waals surface area (Å²) in [6.45, 7) is 2.37. The minimum Gasteiger partial charge on any atom is -0.396 e. The molecule has 1 aromatic rings. The highest BCUT2D eigenvalue weighted by Crippen LogP contribution is 2.21. The SMILES string of the molecule is C[C@H](N[C@@H]1C=C[C@H](CO)C1)c1nccs1. The highest BCUT2D eigenvalue weighted by Gasteiger charge is 2.20. The fourth-order valence-corrected chi connectivity index (χ4v) is 2.53. The number of nitrogens with one attached hydrogen (secondary N) is 1. The molecule has 0 radical (unpaired) electrons. The van der Waals surface area contributed by atoms with Crippen molar-refractivity contribution < 1.29 is 5.11 Å². The van der Waals surface area contributed by atoms with Crippen LogP contribution in [0.25, 0.3) is 0 Å². The molecule has 1 aromatic heterocycles. The van der Waals surface area contributed by atoms with E-state index in [-0.39, 0.29) is 12.6 Å². The van der Waals surface area contributed by atoms with Gasteiger partial charge in [0, 0.05) is 30.1 Å². The van der Waals surface area contributed by atoms with Gasteiger partial charge in [0.15, 0.2) is 0 Å². The summed E-state index contributed by atoms with van der Waals surface area (Å²) in [5, 5.41) is 15.6. The molecule has 0 amide bonds. The molecule has 15 heavy (non-hydrogen) atoms. The molecule has 0 unspecified atom stereocenters. The van der Waals surface area contributed by atoms with Crippen LogP contribution in [0.3, 0.4) is 0 Å². The molecule has 1 heterocycles. The maximum Gasteiger partial charge on any atom is 0.109 e. The second-order valence-electron chi connectivity index (χ2n) is 3.93. The average molecular weight is 224 g/mol. The summed E-state index contributed by atoms with van der Waals surface area (Å²) >= 11 is 1.67. The van der Waals surface area contributed by atoms with Gasteiger partial charge in [-0.15, -0.1) is 11.3 Å². The van der Waals surface area contributed by atoms with Gasteiger partial charge in [0.05, 0.1) is 6.04 Å². The number of rotatable bonds is 4. The molecule has 0 bridgehead atoms. The second-order valence-corrected chi connectivity index (χ2v) is 4.85. The Bertz CT molecular complexity index is 323. The zero-order valence-electron chi connectivity index (χ0n) is 8.76. The van der Waals surface area contributed by atoms with Crippen LogP contribution in [0.4, 0.5) is 0 Å². The van der Waals surface area contributed by atoms with E-state index in [1.807, 2.05) is 11.6 Å². The van der Waals surface area contributed by atoms with E-state index in [2.05, 4.69) is 29.4 Å². The molecule has 0 saturated carbocycles. The average Bonchev–Trinajstić information content (AvgIpc) is 2.87. The molecule has 0 saturated heterocycles. The van der Waals surface area contributed by atoms with Crippen LogP contribution in [0.1, 0.15) is 24.4 Å². The van der Waals surface area contributed by atoms with Gasteiger partial charge in [-0.3, -0.25) is 0 Å². The summed E-state index contributed by atoms with van der Waals surface area (Å²) < 4.78 is 0. The van der Waals surface area contributed by atoms with Gasteiger partial charge in [0.1, 0.15) is 5.01 Å². The lowest BCUT2D eigenvalue weighted by atomic mass is 10.1. The summed E-state index contributed by atoms with van der Waals surface area (Å²) in [6.07, 6.45) is 7.06. The third-order valence-electron chi connectivity index (χ3n) is 2.69. The fraction of sp³-hybridized carbons (Fsp3) is 0.545. The van der Waals surface area contributed by atoms with Gasteiger partial charge in [0.25, 0.3) is 0 Å². The smallest absolute Gasteiger partial charge is 0.109 e. The van der Waals surface area contributed by atoms with Crippen molar-refractivity contribution in [2.45, 2.75) is 25.4 Å². The Labute approximate surface area is 93.9 Å². The monoisotopic (exact) mass is 224 g/mol. The second kappa shape index (κ2) is 4.88. The summed E-state index contributed by atoms with van der Waals surface area (Å²) in [5.74, 6) is 0.325. The van der Waals surface area contributed by atoms with Crippen LogP contribution in [-0.4, -0.2) is 22.7 Å². The van der Waals surface area contributed by atoms with Crippen LogP contribution in [0.2, 0.25) is 0 Å². The number of thiazole rings is 1. The first-order valence-electron chi connectivity index (χ1n) is 5.24. The van der Waals surface area contributed by atoms with Crippen LogP contribution in [0, 0.1) is 5.92 Å². The summed E-state index contributed by atoms with van der Waals surface area (Å²) in [6, 6.07) is 0.665. The highest BCUT2D eigenvalue weighted by atomic mass is 32.1. The van der Waals surface area contributed by atoms with E-state index in [0.717, 1.165) is 11.4 Å². The lowest BCUT2D eigenvalue weighted by molar-refractivity contribution is 0.245. The molecule has 1 aliphatic rings. The zero-order chi connectivity index (χ0) is 10.7. The largest absolute Gasteiger partial charge is 0.396 e. The van der Waals surface area contributed by atoms with Crippen molar-refractivity contribution in [2.75, 3.05) is 6.61 Å². The quantitative estimate of drug-likeness (QED) is 0.766. The third-order valence-corrected chi connectivity index (χ3v) is 3.65. The Morgan fingerprint density at radius 3 is 3.13 bits per heavy atom. The van der Waals surface area contributed by atoms with Gasteiger partial charge in [0.2, 0.25) is 0 Å². The van der Waals surface area contributed by atoms with Crippen molar-refractivity contribution in [3.05, 3.63) is 28.7 Å². The van der Waals surface area contributed by atoms with Gasteiger partial charge in [-0.2, -0.15) is 0 Å². The Hall–Kier alpha value is -0.710. The summed E-state index contributed by atoms with van der Waals surface area (Å²) in [5.41, 5.74) is 0. The van der Waals surface area contributed by atoms with Gasteiger partial charge < -0.3 is 10.4 Å². The highest BCUT2D eigenvalue weighted by molar-refractivity contribution is 7.09. The summed E-state index contributed by atoms with van der Waals surface area (Å²) in [7, 11) is 0. The molecule has 0 aliphatic heterocycles.